The maximum Gasteiger partial charge on any atom is 0.355 e. The van der Waals surface area contributed by atoms with Crippen LogP contribution in [0.15, 0.2) is 36.4 Å². The number of aldehydes is 1. The quantitative estimate of drug-likeness (QED) is 0.320. The van der Waals surface area contributed by atoms with Crippen molar-refractivity contribution in [2.45, 2.75) is 0 Å². The van der Waals surface area contributed by atoms with Gasteiger partial charge in [0, 0.05) is 15.1 Å². The Kier molecular flexibility index (Phi) is 4.60. The van der Waals surface area contributed by atoms with Crippen molar-refractivity contribution in [3.63, 3.8) is 0 Å². The van der Waals surface area contributed by atoms with E-state index in [0.717, 1.165) is 10.1 Å². The van der Waals surface area contributed by atoms with Crippen LogP contribution < -0.4 is 4.74 Å². The number of esters is 1. The fraction of sp³-hybridized carbons (Fsp3) is 0. The molecule has 0 spiro atoms. The van der Waals surface area contributed by atoms with Crippen LogP contribution >= 0.6 is 46.1 Å². The van der Waals surface area contributed by atoms with E-state index >= 15 is 0 Å². The molecule has 0 aliphatic rings. The second-order valence-corrected chi connectivity index (χ2v) is 6.83. The first-order chi connectivity index (χ1) is 11.0. The van der Waals surface area contributed by atoms with E-state index in [1.807, 2.05) is 24.3 Å². The van der Waals surface area contributed by atoms with Crippen LogP contribution in [-0.2, 0) is 0 Å². The van der Waals surface area contributed by atoms with Gasteiger partial charge in [-0.3, -0.25) is 4.79 Å². The van der Waals surface area contributed by atoms with E-state index in [1.165, 1.54) is 23.5 Å². The van der Waals surface area contributed by atoms with Crippen molar-refractivity contribution in [2.75, 3.05) is 0 Å². The predicted octanol–water partition coefficient (Wildman–Crippen LogP) is 5.89. The third-order valence-electron chi connectivity index (χ3n) is 3.08. The van der Waals surface area contributed by atoms with Gasteiger partial charge < -0.3 is 4.74 Å². The highest BCUT2D eigenvalue weighted by atomic mass is 35.5. The van der Waals surface area contributed by atoms with Crippen molar-refractivity contribution in [3.05, 3.63) is 61.9 Å². The smallest absolute Gasteiger partial charge is 0.355 e. The van der Waals surface area contributed by atoms with Gasteiger partial charge in [0.25, 0.3) is 0 Å². The lowest BCUT2D eigenvalue weighted by Crippen LogP contribution is -2.09. The summed E-state index contributed by atoms with van der Waals surface area (Å²) in [5.41, 5.74) is 0.0908. The maximum absolute atomic E-state index is 12.4. The van der Waals surface area contributed by atoms with Crippen molar-refractivity contribution in [1.82, 2.24) is 0 Å². The number of fused-ring (bicyclic) bond motifs is 1. The molecule has 0 amide bonds. The van der Waals surface area contributed by atoms with E-state index in [2.05, 4.69) is 0 Å². The van der Waals surface area contributed by atoms with Crippen molar-refractivity contribution in [1.29, 1.82) is 0 Å². The van der Waals surface area contributed by atoms with Gasteiger partial charge in [0.2, 0.25) is 0 Å². The van der Waals surface area contributed by atoms with Gasteiger partial charge in [0.15, 0.2) is 12.0 Å². The van der Waals surface area contributed by atoms with Gasteiger partial charge in [-0.05, 0) is 18.2 Å². The number of rotatable bonds is 3. The van der Waals surface area contributed by atoms with E-state index in [0.29, 0.717) is 11.3 Å². The van der Waals surface area contributed by atoms with Crippen LogP contribution in [0.2, 0.25) is 15.1 Å². The zero-order chi connectivity index (χ0) is 16.6. The van der Waals surface area contributed by atoms with Crippen LogP contribution in [0.25, 0.3) is 10.1 Å². The first-order valence-corrected chi connectivity index (χ1v) is 8.29. The number of benzene rings is 2. The van der Waals surface area contributed by atoms with E-state index < -0.39 is 5.97 Å². The van der Waals surface area contributed by atoms with Crippen LogP contribution in [0.1, 0.15) is 20.0 Å². The Bertz CT molecular complexity index is 934. The minimum atomic E-state index is -0.677. The van der Waals surface area contributed by atoms with Crippen molar-refractivity contribution < 1.29 is 14.3 Å². The van der Waals surface area contributed by atoms with Crippen LogP contribution in [0.5, 0.6) is 5.75 Å². The Labute approximate surface area is 150 Å². The molecule has 3 nitrogen and oxygen atoms in total. The van der Waals surface area contributed by atoms with Crippen molar-refractivity contribution in [3.8, 4) is 5.75 Å². The molecule has 2 aromatic carbocycles. The molecule has 0 N–H and O–H groups in total. The summed E-state index contributed by atoms with van der Waals surface area (Å²) in [6.07, 6.45) is 0.521. The van der Waals surface area contributed by atoms with E-state index in [-0.39, 0.29) is 26.2 Å². The summed E-state index contributed by atoms with van der Waals surface area (Å²) in [5, 5.41) is 1.43. The molecule has 0 bridgehead atoms. The molecule has 3 rings (SSSR count). The minimum Gasteiger partial charge on any atom is -0.420 e. The third-order valence-corrected chi connectivity index (χ3v) is 5.23. The van der Waals surface area contributed by atoms with E-state index in [1.54, 1.807) is 0 Å². The lowest BCUT2D eigenvalue weighted by atomic mass is 10.2. The molecule has 0 saturated carbocycles. The lowest BCUT2D eigenvalue weighted by molar-refractivity contribution is 0.0739. The highest BCUT2D eigenvalue weighted by molar-refractivity contribution is 7.21. The largest absolute Gasteiger partial charge is 0.420 e. The molecule has 0 aliphatic heterocycles. The monoisotopic (exact) mass is 384 g/mol. The summed E-state index contributed by atoms with van der Waals surface area (Å²) < 4.78 is 6.15. The fourth-order valence-corrected chi connectivity index (χ4v) is 3.99. The molecule has 0 unspecified atom stereocenters. The average molecular weight is 386 g/mol. The Morgan fingerprint density at radius 2 is 1.87 bits per heavy atom. The number of hydrogen-bond donors (Lipinski definition) is 0. The second-order valence-electron chi connectivity index (χ2n) is 4.55. The first-order valence-electron chi connectivity index (χ1n) is 6.34. The second kappa shape index (κ2) is 6.49. The molecule has 0 radical (unpaired) electrons. The number of hydrogen-bond acceptors (Lipinski definition) is 4. The number of ether oxygens (including phenoxy) is 1. The SMILES string of the molecule is O=Cc1cc(Cl)cc(Cl)c1OC(=O)c1sc2ccccc2c1Cl. The molecule has 7 heteroatoms. The third kappa shape index (κ3) is 3.08. The van der Waals surface area contributed by atoms with Gasteiger partial charge in [0.05, 0.1) is 15.6 Å². The molecule has 0 aliphatic carbocycles. The Hall–Kier alpha value is -1.59. The summed E-state index contributed by atoms with van der Waals surface area (Å²) >= 11 is 19.3. The maximum atomic E-state index is 12.4. The molecular weight excluding hydrogens is 379 g/mol. The predicted molar refractivity (Wildman–Crippen MR) is 93.6 cm³/mol. The van der Waals surface area contributed by atoms with Crippen molar-refractivity contribution >= 4 is 68.5 Å². The standard InChI is InChI=1S/C16H7Cl3O3S/c17-9-5-8(7-20)14(11(18)6-9)22-16(21)15-13(19)10-3-1-2-4-12(10)23-15/h1-7H. The highest BCUT2D eigenvalue weighted by Gasteiger charge is 2.21. The Balaban J connectivity index is 2.02. The van der Waals surface area contributed by atoms with Gasteiger partial charge in [-0.15, -0.1) is 11.3 Å². The summed E-state index contributed by atoms with van der Waals surface area (Å²) in [5.74, 6) is -0.715. The topological polar surface area (TPSA) is 43.4 Å². The zero-order valence-electron chi connectivity index (χ0n) is 11.3. The van der Waals surface area contributed by atoms with Crippen LogP contribution in [0.3, 0.4) is 0 Å². The van der Waals surface area contributed by atoms with Gasteiger partial charge in [-0.2, -0.15) is 0 Å². The van der Waals surface area contributed by atoms with Gasteiger partial charge in [0.1, 0.15) is 4.88 Å². The van der Waals surface area contributed by atoms with Crippen molar-refractivity contribution in [2.24, 2.45) is 0 Å². The zero-order valence-corrected chi connectivity index (χ0v) is 14.4. The fourth-order valence-electron chi connectivity index (χ4n) is 2.06. The molecule has 1 aromatic heterocycles. The molecule has 1 heterocycles. The molecule has 3 aromatic rings. The van der Waals surface area contributed by atoms with E-state index in [9.17, 15) is 9.59 Å². The number of carbonyl (C=O) groups is 2. The first kappa shape index (κ1) is 16.3. The molecule has 23 heavy (non-hydrogen) atoms. The van der Waals surface area contributed by atoms with E-state index in [4.69, 9.17) is 39.5 Å². The normalized spacial score (nSPS) is 10.7. The molecule has 0 fully saturated rings. The molecule has 0 saturated heterocycles. The number of carbonyl (C=O) groups excluding carboxylic acids is 2. The number of halogens is 3. The lowest BCUT2D eigenvalue weighted by Gasteiger charge is -2.08. The summed E-state index contributed by atoms with van der Waals surface area (Å²) in [6.45, 7) is 0. The molecule has 116 valence electrons. The minimum absolute atomic E-state index is 0.0374. The van der Waals surface area contributed by atoms with Gasteiger partial charge >= 0.3 is 5.97 Å². The average Bonchev–Trinajstić information content (AvgIpc) is 2.87. The Morgan fingerprint density at radius 1 is 1.13 bits per heavy atom. The molecular formula is C16H7Cl3O3S. The van der Waals surface area contributed by atoms with Gasteiger partial charge in [-0.25, -0.2) is 4.79 Å². The summed E-state index contributed by atoms with van der Waals surface area (Å²) in [6, 6.07) is 10.1. The van der Waals surface area contributed by atoms with Crippen LogP contribution in [0, 0.1) is 0 Å². The Morgan fingerprint density at radius 3 is 2.57 bits per heavy atom. The highest BCUT2D eigenvalue weighted by Crippen LogP contribution is 2.37. The summed E-state index contributed by atoms with van der Waals surface area (Å²) in [4.78, 5) is 23.8. The summed E-state index contributed by atoms with van der Waals surface area (Å²) in [7, 11) is 0. The molecule has 0 atom stereocenters. The van der Waals surface area contributed by atoms with Gasteiger partial charge in [-0.1, -0.05) is 53.0 Å². The van der Waals surface area contributed by atoms with Crippen LogP contribution in [-0.4, -0.2) is 12.3 Å². The van der Waals surface area contributed by atoms with Crippen LogP contribution in [0.4, 0.5) is 0 Å². The number of thiophene rings is 1.